The normalized spacial score (nSPS) is 16.1. The van der Waals surface area contributed by atoms with Crippen LogP contribution in [0.5, 0.6) is 0 Å². The molecule has 1 aliphatic rings. The van der Waals surface area contributed by atoms with E-state index in [9.17, 15) is 27.9 Å². The predicted molar refractivity (Wildman–Crippen MR) is 152 cm³/mol. The van der Waals surface area contributed by atoms with Gasteiger partial charge in [0.1, 0.15) is 6.04 Å². The molecule has 0 saturated heterocycles. The predicted octanol–water partition coefficient (Wildman–Crippen LogP) is 1.29. The third-order valence-corrected chi connectivity index (χ3v) is 8.61. The number of carbonyl (C=O) groups is 3. The van der Waals surface area contributed by atoms with E-state index < -0.39 is 27.9 Å². The van der Waals surface area contributed by atoms with Crippen LogP contribution < -0.4 is 21.3 Å². The lowest BCUT2D eigenvalue weighted by atomic mass is 10.0. The van der Waals surface area contributed by atoms with Gasteiger partial charge in [-0.1, -0.05) is 54.6 Å². The van der Waals surface area contributed by atoms with Gasteiger partial charge in [-0.15, -0.1) is 0 Å². The zero-order chi connectivity index (χ0) is 28.7. The van der Waals surface area contributed by atoms with Crippen molar-refractivity contribution >= 4 is 44.0 Å². The van der Waals surface area contributed by atoms with E-state index in [1.165, 1.54) is 11.0 Å². The number of para-hydroxylation sites is 1. The standard InChI is InChI=1S/C29H34N4O6S/c30-18-23(34)19-31-29(37)24(17-20-11-12-21-6-1-2-7-22(21)16-20)32-27(35)10-5-14-33-25-8-3-4-9-26(25)40(38,39)15-13-28(33)36/h1-4,6-9,11-12,16,23-24,34H,5,10,13-15,17-19,30H2,(H,31,37)(H,32,35)/t23?,24-/m1/s1. The summed E-state index contributed by atoms with van der Waals surface area (Å²) in [5, 5.41) is 17.3. The highest BCUT2D eigenvalue weighted by atomic mass is 32.2. The van der Waals surface area contributed by atoms with Gasteiger partial charge >= 0.3 is 0 Å². The molecule has 11 heteroatoms. The first-order valence-corrected chi connectivity index (χ1v) is 14.9. The van der Waals surface area contributed by atoms with Crippen molar-refractivity contribution in [2.24, 2.45) is 5.73 Å². The smallest absolute Gasteiger partial charge is 0.243 e. The number of rotatable bonds is 11. The van der Waals surface area contributed by atoms with Crippen LogP contribution in [0.15, 0.2) is 71.6 Å². The first-order chi connectivity index (χ1) is 19.2. The molecule has 40 heavy (non-hydrogen) atoms. The largest absolute Gasteiger partial charge is 0.390 e. The minimum atomic E-state index is -3.58. The third-order valence-electron chi connectivity index (χ3n) is 6.85. The Balaban J connectivity index is 1.42. The zero-order valence-corrected chi connectivity index (χ0v) is 22.9. The van der Waals surface area contributed by atoms with Crippen LogP contribution in [0.1, 0.15) is 24.8 Å². The van der Waals surface area contributed by atoms with E-state index in [-0.39, 0.29) is 67.8 Å². The Bertz CT molecular complexity index is 1490. The van der Waals surface area contributed by atoms with E-state index in [1.54, 1.807) is 18.2 Å². The summed E-state index contributed by atoms with van der Waals surface area (Å²) in [7, 11) is -3.58. The summed E-state index contributed by atoms with van der Waals surface area (Å²) >= 11 is 0. The second kappa shape index (κ2) is 13.0. The lowest BCUT2D eigenvalue weighted by Gasteiger charge is -2.23. The molecule has 0 radical (unpaired) electrons. The number of nitrogens with two attached hydrogens (primary N) is 1. The van der Waals surface area contributed by atoms with Crippen molar-refractivity contribution < 1.29 is 27.9 Å². The topological polar surface area (TPSA) is 159 Å². The number of carbonyl (C=O) groups excluding carboxylic acids is 3. The maximum absolute atomic E-state index is 13.0. The lowest BCUT2D eigenvalue weighted by molar-refractivity contribution is -0.129. The Morgan fingerprint density at radius 1 is 1.02 bits per heavy atom. The molecule has 0 saturated carbocycles. The maximum Gasteiger partial charge on any atom is 0.243 e. The van der Waals surface area contributed by atoms with E-state index in [4.69, 9.17) is 5.73 Å². The zero-order valence-electron chi connectivity index (χ0n) is 22.1. The number of anilines is 1. The Kier molecular flexibility index (Phi) is 9.51. The van der Waals surface area contributed by atoms with E-state index in [1.807, 2.05) is 42.5 Å². The summed E-state index contributed by atoms with van der Waals surface area (Å²) in [6.07, 6.45) is -0.518. The fourth-order valence-corrected chi connectivity index (χ4v) is 6.14. The van der Waals surface area contributed by atoms with Gasteiger partial charge in [-0.25, -0.2) is 8.42 Å². The van der Waals surface area contributed by atoms with Crippen molar-refractivity contribution in [2.75, 3.05) is 30.3 Å². The Labute approximate surface area is 233 Å². The van der Waals surface area contributed by atoms with Crippen LogP contribution in [0.25, 0.3) is 10.8 Å². The van der Waals surface area contributed by atoms with Crippen LogP contribution in [0.2, 0.25) is 0 Å². The first-order valence-electron chi connectivity index (χ1n) is 13.2. The van der Waals surface area contributed by atoms with Gasteiger partial charge in [-0.3, -0.25) is 14.4 Å². The van der Waals surface area contributed by atoms with Crippen molar-refractivity contribution in [2.45, 2.75) is 42.7 Å². The number of nitrogens with one attached hydrogen (secondary N) is 2. The van der Waals surface area contributed by atoms with Gasteiger partial charge in [-0.05, 0) is 34.9 Å². The van der Waals surface area contributed by atoms with Crippen molar-refractivity contribution in [3.05, 3.63) is 72.3 Å². The molecule has 212 valence electrons. The van der Waals surface area contributed by atoms with Gasteiger partial charge < -0.3 is 26.4 Å². The van der Waals surface area contributed by atoms with Crippen LogP contribution in [-0.4, -0.2) is 68.8 Å². The molecule has 4 rings (SSSR count). The lowest BCUT2D eigenvalue weighted by Crippen LogP contribution is -2.50. The third kappa shape index (κ3) is 7.23. The second-order valence-electron chi connectivity index (χ2n) is 9.83. The number of hydrogen-bond donors (Lipinski definition) is 4. The average Bonchev–Trinajstić information content (AvgIpc) is 3.05. The highest BCUT2D eigenvalue weighted by molar-refractivity contribution is 7.91. The fourth-order valence-electron chi connectivity index (χ4n) is 4.69. The van der Waals surface area contributed by atoms with Crippen molar-refractivity contribution in [1.82, 2.24) is 10.6 Å². The average molecular weight is 567 g/mol. The number of fused-ring (bicyclic) bond motifs is 2. The summed E-state index contributed by atoms with van der Waals surface area (Å²) < 4.78 is 25.2. The number of aliphatic hydroxyl groups is 1. The molecule has 0 fully saturated rings. The molecule has 1 unspecified atom stereocenters. The molecule has 10 nitrogen and oxygen atoms in total. The summed E-state index contributed by atoms with van der Waals surface area (Å²) in [4.78, 5) is 40.2. The monoisotopic (exact) mass is 566 g/mol. The van der Waals surface area contributed by atoms with Crippen molar-refractivity contribution in [3.63, 3.8) is 0 Å². The molecule has 3 amide bonds. The van der Waals surface area contributed by atoms with Gasteiger partial charge in [0.05, 0.1) is 22.4 Å². The van der Waals surface area contributed by atoms with E-state index >= 15 is 0 Å². The van der Waals surface area contributed by atoms with Crippen molar-refractivity contribution in [1.29, 1.82) is 0 Å². The fraction of sp³-hybridized carbons (Fsp3) is 0.345. The number of hydrogen-bond acceptors (Lipinski definition) is 7. The molecule has 0 aromatic heterocycles. The number of nitrogens with zero attached hydrogens (tertiary/aromatic N) is 1. The molecule has 5 N–H and O–H groups in total. The summed E-state index contributed by atoms with van der Waals surface area (Å²) in [6.45, 7) is 0.101. The minimum absolute atomic E-state index is 0.0123. The Morgan fingerprint density at radius 2 is 1.75 bits per heavy atom. The maximum atomic E-state index is 13.0. The van der Waals surface area contributed by atoms with Crippen LogP contribution in [0.4, 0.5) is 5.69 Å². The van der Waals surface area contributed by atoms with Crippen LogP contribution >= 0.6 is 0 Å². The van der Waals surface area contributed by atoms with Crippen LogP contribution in [0.3, 0.4) is 0 Å². The second-order valence-corrected chi connectivity index (χ2v) is 11.9. The number of amides is 3. The van der Waals surface area contributed by atoms with Crippen molar-refractivity contribution in [3.8, 4) is 0 Å². The molecule has 1 aliphatic heterocycles. The highest BCUT2D eigenvalue weighted by Crippen LogP contribution is 2.30. The molecule has 1 heterocycles. The van der Waals surface area contributed by atoms with Gasteiger partial charge in [0, 0.05) is 38.9 Å². The molecular weight excluding hydrogens is 532 g/mol. The molecule has 3 aromatic rings. The Morgan fingerprint density at radius 3 is 2.52 bits per heavy atom. The molecule has 0 aliphatic carbocycles. The van der Waals surface area contributed by atoms with Gasteiger partial charge in [0.15, 0.2) is 9.84 Å². The quantitative estimate of drug-likeness (QED) is 0.272. The van der Waals surface area contributed by atoms with E-state index in [0.29, 0.717) is 5.69 Å². The van der Waals surface area contributed by atoms with Crippen LogP contribution in [-0.2, 0) is 30.6 Å². The Hall–Kier alpha value is -3.80. The van der Waals surface area contributed by atoms with Gasteiger partial charge in [0.25, 0.3) is 0 Å². The molecule has 3 aromatic carbocycles. The van der Waals surface area contributed by atoms with Gasteiger partial charge in [0.2, 0.25) is 17.7 Å². The van der Waals surface area contributed by atoms with E-state index in [2.05, 4.69) is 10.6 Å². The number of sulfone groups is 1. The molecule has 0 spiro atoms. The minimum Gasteiger partial charge on any atom is -0.390 e. The first kappa shape index (κ1) is 29.2. The summed E-state index contributed by atoms with van der Waals surface area (Å²) in [6, 6.07) is 19.1. The van der Waals surface area contributed by atoms with Crippen LogP contribution in [0, 0.1) is 0 Å². The molecule has 2 atom stereocenters. The SMILES string of the molecule is NCC(O)CNC(=O)[C@@H](Cc1ccc2ccccc2c1)NC(=O)CCCN1C(=O)CCS(=O)(=O)c2ccccc21. The molecule has 0 bridgehead atoms. The highest BCUT2D eigenvalue weighted by Gasteiger charge is 2.30. The summed E-state index contributed by atoms with van der Waals surface area (Å²) in [5.41, 5.74) is 6.61. The van der Waals surface area contributed by atoms with E-state index in [0.717, 1.165) is 16.3 Å². The summed E-state index contributed by atoms with van der Waals surface area (Å²) in [5.74, 6) is -1.41. The number of aliphatic hydroxyl groups excluding tert-OH is 1. The number of benzene rings is 3. The van der Waals surface area contributed by atoms with Gasteiger partial charge in [-0.2, -0.15) is 0 Å². The molecular formula is C29H34N4O6S.